The van der Waals surface area contributed by atoms with E-state index in [1.165, 1.54) is 0 Å². The summed E-state index contributed by atoms with van der Waals surface area (Å²) >= 11 is 0. The second-order valence-corrected chi connectivity index (χ2v) is 4.74. The third-order valence-corrected chi connectivity index (χ3v) is 3.02. The zero-order chi connectivity index (χ0) is 14.0. The first kappa shape index (κ1) is 16.6. The molecule has 0 aromatic heterocycles. The van der Waals surface area contributed by atoms with Gasteiger partial charge in [-0.1, -0.05) is 19.9 Å². The minimum atomic E-state index is -0.975. The van der Waals surface area contributed by atoms with Crippen LogP contribution in [0.1, 0.15) is 45.4 Å². The van der Waals surface area contributed by atoms with Crippen molar-refractivity contribution in [3.8, 4) is 0 Å². The van der Waals surface area contributed by atoms with Crippen LogP contribution in [-0.2, 0) is 14.4 Å². The van der Waals surface area contributed by atoms with Crippen LogP contribution in [0, 0.1) is 11.8 Å². The molecule has 0 rings (SSSR count). The molecule has 0 aromatic carbocycles. The summed E-state index contributed by atoms with van der Waals surface area (Å²) in [6, 6.07) is 0. The highest BCUT2D eigenvalue weighted by molar-refractivity contribution is 5.85. The SMILES string of the molecule is C=C(CCCC(C=O)CCCC(C)C=O)C(=O)O. The van der Waals surface area contributed by atoms with Gasteiger partial charge in [0.25, 0.3) is 0 Å². The molecule has 0 aliphatic heterocycles. The number of hydrogen-bond acceptors (Lipinski definition) is 3. The van der Waals surface area contributed by atoms with E-state index in [4.69, 9.17) is 5.11 Å². The number of hydrogen-bond donors (Lipinski definition) is 1. The molecule has 0 aliphatic carbocycles. The normalized spacial score (nSPS) is 13.6. The van der Waals surface area contributed by atoms with Crippen molar-refractivity contribution >= 4 is 18.5 Å². The highest BCUT2D eigenvalue weighted by Gasteiger charge is 2.10. The fraction of sp³-hybridized carbons (Fsp3) is 0.643. The van der Waals surface area contributed by atoms with Gasteiger partial charge in [0.2, 0.25) is 0 Å². The summed E-state index contributed by atoms with van der Waals surface area (Å²) in [6.45, 7) is 5.31. The third-order valence-electron chi connectivity index (χ3n) is 3.02. The van der Waals surface area contributed by atoms with E-state index in [9.17, 15) is 14.4 Å². The Hall–Kier alpha value is -1.45. The maximum Gasteiger partial charge on any atom is 0.330 e. The molecule has 0 saturated heterocycles. The molecule has 102 valence electrons. The second-order valence-electron chi connectivity index (χ2n) is 4.74. The minimum absolute atomic E-state index is 0.0366. The van der Waals surface area contributed by atoms with Gasteiger partial charge in [-0.05, 0) is 32.1 Å². The van der Waals surface area contributed by atoms with E-state index in [1.807, 2.05) is 6.92 Å². The molecule has 4 nitrogen and oxygen atoms in total. The standard InChI is InChI=1S/C14H22O4/c1-11(9-15)5-3-7-13(10-16)8-4-6-12(2)14(17)18/h9-11,13H,2-8H2,1H3,(H,17,18). The Bertz CT molecular complexity index is 296. The molecule has 0 aromatic rings. The Balaban J connectivity index is 3.77. The summed E-state index contributed by atoms with van der Waals surface area (Å²) < 4.78 is 0. The molecule has 0 heterocycles. The maximum atomic E-state index is 10.9. The van der Waals surface area contributed by atoms with Crippen LogP contribution >= 0.6 is 0 Å². The smallest absolute Gasteiger partial charge is 0.330 e. The molecular weight excluding hydrogens is 232 g/mol. The fourth-order valence-electron chi connectivity index (χ4n) is 1.74. The van der Waals surface area contributed by atoms with Crippen LogP contribution in [0.5, 0.6) is 0 Å². The van der Waals surface area contributed by atoms with Crippen molar-refractivity contribution in [2.45, 2.75) is 45.4 Å². The first-order valence-electron chi connectivity index (χ1n) is 6.33. The number of carboxylic acids is 1. The van der Waals surface area contributed by atoms with E-state index in [0.29, 0.717) is 19.3 Å². The summed E-state index contributed by atoms with van der Waals surface area (Å²) in [5.41, 5.74) is 0.189. The monoisotopic (exact) mass is 254 g/mol. The lowest BCUT2D eigenvalue weighted by Gasteiger charge is -2.10. The van der Waals surface area contributed by atoms with Crippen molar-refractivity contribution in [3.05, 3.63) is 12.2 Å². The molecule has 1 N–H and O–H groups in total. The highest BCUT2D eigenvalue weighted by atomic mass is 16.4. The number of carbonyl (C=O) groups is 3. The van der Waals surface area contributed by atoms with E-state index in [-0.39, 0.29) is 17.4 Å². The first-order chi connectivity index (χ1) is 8.51. The lowest BCUT2D eigenvalue weighted by atomic mass is 9.94. The van der Waals surface area contributed by atoms with Crippen molar-refractivity contribution in [1.29, 1.82) is 0 Å². The third kappa shape index (κ3) is 7.76. The molecule has 0 radical (unpaired) electrons. The molecule has 4 heteroatoms. The van der Waals surface area contributed by atoms with Crippen molar-refractivity contribution < 1.29 is 19.5 Å². The van der Waals surface area contributed by atoms with Gasteiger partial charge in [0, 0.05) is 17.4 Å². The van der Waals surface area contributed by atoms with Crippen LogP contribution in [0.25, 0.3) is 0 Å². The van der Waals surface area contributed by atoms with Gasteiger partial charge in [0.15, 0.2) is 0 Å². The van der Waals surface area contributed by atoms with E-state index in [1.54, 1.807) is 0 Å². The van der Waals surface area contributed by atoms with E-state index in [2.05, 4.69) is 6.58 Å². The van der Waals surface area contributed by atoms with Gasteiger partial charge in [-0.3, -0.25) is 0 Å². The zero-order valence-corrected chi connectivity index (χ0v) is 10.9. The molecule has 0 spiro atoms. The molecule has 0 bridgehead atoms. The van der Waals surface area contributed by atoms with Crippen LogP contribution in [0.2, 0.25) is 0 Å². The molecule has 0 aliphatic rings. The fourth-order valence-corrected chi connectivity index (χ4v) is 1.74. The van der Waals surface area contributed by atoms with Crippen molar-refractivity contribution in [2.75, 3.05) is 0 Å². The van der Waals surface area contributed by atoms with Crippen molar-refractivity contribution in [1.82, 2.24) is 0 Å². The van der Waals surface area contributed by atoms with E-state index in [0.717, 1.165) is 31.8 Å². The predicted octanol–water partition coefficient (Wildman–Crippen LogP) is 2.62. The topological polar surface area (TPSA) is 71.4 Å². The molecule has 18 heavy (non-hydrogen) atoms. The summed E-state index contributed by atoms with van der Waals surface area (Å²) in [7, 11) is 0. The predicted molar refractivity (Wildman–Crippen MR) is 69.3 cm³/mol. The average molecular weight is 254 g/mol. The Morgan fingerprint density at radius 3 is 2.28 bits per heavy atom. The Kier molecular flexibility index (Phi) is 8.80. The summed E-state index contributed by atoms with van der Waals surface area (Å²) in [4.78, 5) is 31.8. The Morgan fingerprint density at radius 2 is 1.78 bits per heavy atom. The van der Waals surface area contributed by atoms with Gasteiger partial charge < -0.3 is 14.7 Å². The zero-order valence-electron chi connectivity index (χ0n) is 10.9. The van der Waals surface area contributed by atoms with E-state index < -0.39 is 5.97 Å². The quantitative estimate of drug-likeness (QED) is 0.454. The van der Waals surface area contributed by atoms with Gasteiger partial charge in [0.05, 0.1) is 0 Å². The Morgan fingerprint density at radius 1 is 1.17 bits per heavy atom. The van der Waals surface area contributed by atoms with Crippen LogP contribution in [0.4, 0.5) is 0 Å². The van der Waals surface area contributed by atoms with Gasteiger partial charge in [0.1, 0.15) is 12.6 Å². The largest absolute Gasteiger partial charge is 0.478 e. The number of aliphatic carboxylic acids is 1. The second kappa shape index (κ2) is 9.57. The van der Waals surface area contributed by atoms with Gasteiger partial charge in [-0.25, -0.2) is 4.79 Å². The number of rotatable bonds is 11. The van der Waals surface area contributed by atoms with Crippen molar-refractivity contribution in [3.63, 3.8) is 0 Å². The van der Waals surface area contributed by atoms with Gasteiger partial charge >= 0.3 is 5.97 Å². The average Bonchev–Trinajstić information content (AvgIpc) is 2.36. The highest BCUT2D eigenvalue weighted by Crippen LogP contribution is 2.17. The molecule has 0 saturated carbocycles. The van der Waals surface area contributed by atoms with Crippen LogP contribution < -0.4 is 0 Å². The van der Waals surface area contributed by atoms with Gasteiger partial charge in [-0.2, -0.15) is 0 Å². The first-order valence-corrected chi connectivity index (χ1v) is 6.33. The van der Waals surface area contributed by atoms with E-state index >= 15 is 0 Å². The summed E-state index contributed by atoms with van der Waals surface area (Å²) in [6.07, 6.45) is 6.04. The molecular formula is C14H22O4. The van der Waals surface area contributed by atoms with Gasteiger partial charge in [-0.15, -0.1) is 0 Å². The maximum absolute atomic E-state index is 10.9. The number of carboxylic acid groups (broad SMARTS) is 1. The summed E-state index contributed by atoms with van der Waals surface area (Å²) in [5.74, 6) is -0.966. The Labute approximate surface area is 108 Å². The molecule has 2 unspecified atom stereocenters. The van der Waals surface area contributed by atoms with Crippen LogP contribution in [0.3, 0.4) is 0 Å². The van der Waals surface area contributed by atoms with Crippen LogP contribution in [0.15, 0.2) is 12.2 Å². The summed E-state index contributed by atoms with van der Waals surface area (Å²) in [5, 5.41) is 8.63. The molecule has 0 amide bonds. The minimum Gasteiger partial charge on any atom is -0.478 e. The lowest BCUT2D eigenvalue weighted by Crippen LogP contribution is -2.05. The molecule has 0 fully saturated rings. The number of carbonyl (C=O) groups excluding carboxylic acids is 2. The van der Waals surface area contributed by atoms with Crippen LogP contribution in [-0.4, -0.2) is 23.6 Å². The number of aldehydes is 2. The van der Waals surface area contributed by atoms with Crippen molar-refractivity contribution in [2.24, 2.45) is 11.8 Å². The molecule has 2 atom stereocenters. The lowest BCUT2D eigenvalue weighted by molar-refractivity contribution is -0.132.